The van der Waals surface area contributed by atoms with E-state index in [1.165, 1.54) is 46.4 Å². The molecule has 55 nitrogen and oxygen atoms in total. The lowest BCUT2D eigenvalue weighted by Crippen LogP contribution is -2.63. The SMILES string of the molecule is CSCC[C@H](NC(=O)[C@H](C)NC(=O)CNC(=O)CNC(=O)CNC(=O)[C@@H](NC(=O)[C@@H](NC(=O)[C@H](CCCNC(=N)N)NC(=O)[C@@H]1CCCN1C(=O)[C@@H](NC(=O)[C@H](CCCCN)NC(=O)[C@H](CCCNC(=N)N)NC(=O)[C@H](CCC(=O)O)NC(=O)[C@@H](NC(=O)[C@@H](NC(=O)[C@@H](N)C(C)C)[C@@H](C)O)[C@@H](C)O)[C@@H](C)O)C(C)C)[C@@H](C)O)C(=O)N[C@@H](C)C(=O)NCC(=O)N[C@@H](C)C(=O)N[C@@H](CO)C(=O)O. The smallest absolute Gasteiger partial charge is 0.328 e. The monoisotopic (exact) mass is 1950 g/mol. The second-order valence-corrected chi connectivity index (χ2v) is 33.7. The van der Waals surface area contributed by atoms with E-state index in [-0.39, 0.29) is 90.4 Å². The Balaban J connectivity index is 3.33. The molecule has 0 spiro atoms. The number of carboxylic acids is 2. The number of hydrogen-bond acceptors (Lipinski definition) is 31. The van der Waals surface area contributed by atoms with Crippen molar-refractivity contribution in [2.75, 3.05) is 71.0 Å². The van der Waals surface area contributed by atoms with E-state index in [0.29, 0.717) is 5.75 Å². The molecular weight excluding hydrogens is 1810 g/mol. The zero-order valence-electron chi connectivity index (χ0n) is 77.6. The number of amides is 19. The maximum atomic E-state index is 14.7. The molecular formula is C79H139N27O28S. The molecule has 1 rings (SSSR count). The second kappa shape index (κ2) is 62.1. The molecule has 0 aromatic rings. The summed E-state index contributed by atoms with van der Waals surface area (Å²) in [6.45, 7) is 10.2. The number of guanidine groups is 2. The van der Waals surface area contributed by atoms with Crippen molar-refractivity contribution in [2.45, 2.75) is 274 Å². The number of hydrogen-bond donors (Lipinski definition) is 33. The number of nitrogens with one attached hydrogen (secondary N) is 22. The van der Waals surface area contributed by atoms with E-state index in [0.717, 1.165) is 32.6 Å². The first-order valence-electron chi connectivity index (χ1n) is 43.7. The summed E-state index contributed by atoms with van der Waals surface area (Å²) in [5.41, 5.74) is 22.7. The van der Waals surface area contributed by atoms with Gasteiger partial charge in [0.1, 0.15) is 90.6 Å². The predicted octanol–water partition coefficient (Wildman–Crippen LogP) is -14.2. The van der Waals surface area contributed by atoms with Gasteiger partial charge < -0.3 is 170 Å². The number of unbranched alkanes of at least 4 members (excludes halogenated alkanes) is 1. The van der Waals surface area contributed by atoms with E-state index in [2.05, 4.69) is 101 Å². The minimum atomic E-state index is -1.94. The Hall–Kier alpha value is -12.5. The number of likely N-dealkylation sites (tertiary alicyclic amines) is 1. The van der Waals surface area contributed by atoms with E-state index < -0.39 is 315 Å². The van der Waals surface area contributed by atoms with Gasteiger partial charge in [-0.1, -0.05) is 27.7 Å². The Labute approximate surface area is 783 Å². The predicted molar refractivity (Wildman–Crippen MR) is 481 cm³/mol. The molecule has 0 aromatic heterocycles. The van der Waals surface area contributed by atoms with Crippen LogP contribution in [0, 0.1) is 22.7 Å². The molecule has 0 aromatic carbocycles. The molecule has 1 heterocycles. The van der Waals surface area contributed by atoms with Crippen LogP contribution in [0.1, 0.15) is 153 Å². The van der Waals surface area contributed by atoms with Crippen molar-refractivity contribution in [1.82, 2.24) is 111 Å². The van der Waals surface area contributed by atoms with E-state index in [9.17, 15) is 126 Å². The molecule has 0 unspecified atom stereocenters. The van der Waals surface area contributed by atoms with Crippen LogP contribution < -0.4 is 129 Å². The molecule has 20 atom stereocenters. The van der Waals surface area contributed by atoms with Gasteiger partial charge in [0.05, 0.1) is 63.2 Å². The molecule has 1 fully saturated rings. The summed E-state index contributed by atoms with van der Waals surface area (Å²) in [6.07, 6.45) is -6.85. The van der Waals surface area contributed by atoms with Crippen LogP contribution in [0.5, 0.6) is 0 Å². The highest BCUT2D eigenvalue weighted by atomic mass is 32.2. The van der Waals surface area contributed by atoms with Crippen molar-refractivity contribution >= 4 is 148 Å². The summed E-state index contributed by atoms with van der Waals surface area (Å²) in [4.78, 5) is 282. The third-order valence-electron chi connectivity index (χ3n) is 20.5. The van der Waals surface area contributed by atoms with Crippen molar-refractivity contribution in [3.8, 4) is 0 Å². The summed E-state index contributed by atoms with van der Waals surface area (Å²) in [5.74, 6) is -24.0. The Morgan fingerprint density at radius 2 is 0.748 bits per heavy atom. The van der Waals surface area contributed by atoms with Crippen molar-refractivity contribution in [3.05, 3.63) is 0 Å². The molecule has 0 radical (unpaired) electrons. The number of aliphatic hydroxyl groups is 5. The van der Waals surface area contributed by atoms with Crippen LogP contribution in [-0.2, 0) is 101 Å². The van der Waals surface area contributed by atoms with Crippen LogP contribution in [0.3, 0.4) is 0 Å². The third kappa shape index (κ3) is 45.4. The number of aliphatic hydroxyl groups excluding tert-OH is 5. The average molecular weight is 1950 g/mol. The van der Waals surface area contributed by atoms with Gasteiger partial charge in [0, 0.05) is 26.1 Å². The molecule has 1 aliphatic heterocycles. The van der Waals surface area contributed by atoms with Gasteiger partial charge in [-0.15, -0.1) is 0 Å². The van der Waals surface area contributed by atoms with Crippen LogP contribution in [0.15, 0.2) is 0 Å². The Kier molecular flexibility index (Phi) is 55.4. The van der Waals surface area contributed by atoms with Crippen LogP contribution in [0.25, 0.3) is 0 Å². The van der Waals surface area contributed by atoms with Gasteiger partial charge in [0.25, 0.3) is 0 Å². The minimum Gasteiger partial charge on any atom is -0.481 e. The standard InChI is InChI=1S/C79H139N27O28S/c1-35(2)56(81)71(127)102-60(42(10)110)75(131)104-59(41(9)109)74(130)99-47(22-23-55(116)117)67(123)97-45(19-15-26-86-78(82)83)66(122)96-44(18-13-14-25-80)69(125)105-61(43(11)111)76(132)106-28-17-21-50(106)70(126)98-46(20-16-27-87-79(84)85)68(124)101-57(36(3)4)73(129)103-58(40(8)108)72(128)91-31-52(113)88-30-51(112)89-32-53(114)92-38(6)63(119)95-48(24-29-135-12)65(121)94-37(5)62(118)90-33-54(115)93-39(7)64(120)100-49(34-107)77(133)134/h35-50,56-61,107-111H,13-34,80-81H2,1-12H3,(H,88,113)(H,89,112)(H,90,118)(H,91,128)(H,92,114)(H,93,115)(H,94,121)(H,95,119)(H,96,122)(H,97,123)(H,98,126)(H,99,130)(H,100,120)(H,101,124)(H,102,127)(H,103,129)(H,104,131)(H,105,125)(H,116,117)(H,133,134)(H4,82,83,86)(H4,84,85,87)/t37-,38-,39-,40+,41+,42+,43+,44-,45-,46-,47-,48-,49-,50-,56-,57-,58-,59-,60-,61-/m0/s1. The molecule has 1 saturated heterocycles. The van der Waals surface area contributed by atoms with Crippen LogP contribution in [-0.4, -0.2) is 369 Å². The summed E-state index contributed by atoms with van der Waals surface area (Å²) < 4.78 is 0. The van der Waals surface area contributed by atoms with Gasteiger partial charge >= 0.3 is 11.9 Å². The third-order valence-corrected chi connectivity index (χ3v) is 21.2. The van der Waals surface area contributed by atoms with Gasteiger partial charge in [0.2, 0.25) is 112 Å². The minimum absolute atomic E-state index is 0.0140. The Bertz CT molecular complexity index is 4070. The fourth-order valence-corrected chi connectivity index (χ4v) is 13.1. The normalized spacial score (nSPS) is 16.5. The van der Waals surface area contributed by atoms with Crippen molar-refractivity contribution in [3.63, 3.8) is 0 Å². The van der Waals surface area contributed by atoms with E-state index in [1.807, 2.05) is 5.32 Å². The summed E-state index contributed by atoms with van der Waals surface area (Å²) >= 11 is 1.31. The average Bonchev–Trinajstić information content (AvgIpc) is 1.68. The lowest BCUT2D eigenvalue weighted by molar-refractivity contribution is -0.145. The maximum absolute atomic E-state index is 14.7. The molecule has 37 N–H and O–H groups in total. The fraction of sp³-hybridized carbons (Fsp3) is 0.709. The van der Waals surface area contributed by atoms with Crippen LogP contribution in [0.4, 0.5) is 0 Å². The lowest BCUT2D eigenvalue weighted by Gasteiger charge is -2.32. The summed E-state index contributed by atoms with van der Waals surface area (Å²) in [6, 6.07) is -25.0. The van der Waals surface area contributed by atoms with Crippen molar-refractivity contribution in [2.24, 2.45) is 34.8 Å². The van der Waals surface area contributed by atoms with E-state index in [4.69, 9.17) is 44.0 Å². The molecule has 764 valence electrons. The summed E-state index contributed by atoms with van der Waals surface area (Å²) in [5, 5.41) is 133. The number of thioether (sulfide) groups is 1. The van der Waals surface area contributed by atoms with Gasteiger partial charge in [-0.2, -0.15) is 11.8 Å². The first-order chi connectivity index (χ1) is 63.1. The highest BCUT2D eigenvalue weighted by Gasteiger charge is 2.44. The number of carbonyl (C=O) groups is 21. The van der Waals surface area contributed by atoms with Crippen LogP contribution >= 0.6 is 11.8 Å². The van der Waals surface area contributed by atoms with Crippen molar-refractivity contribution in [1.29, 1.82) is 10.8 Å². The number of carbonyl (C=O) groups excluding carboxylic acids is 19. The molecule has 0 aliphatic carbocycles. The molecule has 0 bridgehead atoms. The molecule has 1 aliphatic rings. The van der Waals surface area contributed by atoms with E-state index >= 15 is 0 Å². The number of nitrogens with two attached hydrogens (primary N) is 4. The number of nitrogens with zero attached hydrogens (tertiary/aromatic N) is 1. The molecule has 0 saturated carbocycles. The lowest BCUT2D eigenvalue weighted by atomic mass is 10.0. The topological polar surface area (TPSA) is 896 Å². The highest BCUT2D eigenvalue weighted by molar-refractivity contribution is 7.98. The van der Waals surface area contributed by atoms with Crippen LogP contribution in [0.2, 0.25) is 0 Å². The maximum Gasteiger partial charge on any atom is 0.328 e. The van der Waals surface area contributed by atoms with Crippen molar-refractivity contribution < 1.29 is 136 Å². The number of aliphatic carboxylic acids is 2. The molecule has 19 amide bonds. The zero-order valence-corrected chi connectivity index (χ0v) is 78.4. The Morgan fingerprint density at radius 3 is 1.19 bits per heavy atom. The first-order valence-corrected chi connectivity index (χ1v) is 45.0. The largest absolute Gasteiger partial charge is 0.481 e. The second-order valence-electron chi connectivity index (χ2n) is 32.7. The highest BCUT2D eigenvalue weighted by Crippen LogP contribution is 2.21. The fourth-order valence-electron chi connectivity index (χ4n) is 12.6. The van der Waals surface area contributed by atoms with Gasteiger partial charge in [-0.05, 0) is 149 Å². The zero-order chi connectivity index (χ0) is 103. The van der Waals surface area contributed by atoms with Gasteiger partial charge in [0.15, 0.2) is 11.9 Å². The van der Waals surface area contributed by atoms with E-state index in [1.54, 1.807) is 20.1 Å². The Morgan fingerprint density at radius 1 is 0.385 bits per heavy atom. The quantitative estimate of drug-likeness (QED) is 0.0153. The van der Waals surface area contributed by atoms with Gasteiger partial charge in [-0.3, -0.25) is 107 Å². The molecule has 56 heteroatoms. The number of rotatable bonds is 63. The molecule has 135 heavy (non-hydrogen) atoms. The number of carboxylic acid groups (broad SMARTS) is 2. The summed E-state index contributed by atoms with van der Waals surface area (Å²) in [7, 11) is 0. The van der Waals surface area contributed by atoms with Gasteiger partial charge in [-0.25, -0.2) is 4.79 Å². The first kappa shape index (κ1) is 120.